The highest BCUT2D eigenvalue weighted by molar-refractivity contribution is 6.23. The van der Waals surface area contributed by atoms with Crippen molar-refractivity contribution < 1.29 is 9.39 Å². The minimum atomic E-state index is 0.548. The van der Waals surface area contributed by atoms with E-state index >= 15 is 0 Å². The van der Waals surface area contributed by atoms with Gasteiger partial charge in [0.2, 0.25) is 0 Å². The number of nitrogens with one attached hydrogen (secondary N) is 1. The van der Waals surface area contributed by atoms with E-state index in [9.17, 15) is 0 Å². The largest absolute Gasteiger partial charge is 0.496 e. The van der Waals surface area contributed by atoms with Crippen LogP contribution in [0.25, 0.3) is 11.1 Å². The Morgan fingerprint density at radius 3 is 2.48 bits per heavy atom. The Bertz CT molecular complexity index is 706. The van der Waals surface area contributed by atoms with Gasteiger partial charge in [0, 0.05) is 43.7 Å². The topological polar surface area (TPSA) is 46.6 Å². The molecule has 1 aliphatic rings. The van der Waals surface area contributed by atoms with Crippen LogP contribution >= 0.6 is 0 Å². The van der Waals surface area contributed by atoms with E-state index in [2.05, 4.69) is 40.4 Å². The lowest BCUT2D eigenvalue weighted by Gasteiger charge is -2.34. The molecule has 3 rings (SSSR count). The van der Waals surface area contributed by atoms with Gasteiger partial charge in [-0.05, 0) is 68.1 Å². The number of hydrogen-bond donors (Lipinski definition) is 1. The molecule has 0 aliphatic heterocycles. The van der Waals surface area contributed by atoms with Gasteiger partial charge in [-0.2, -0.15) is 0 Å². The zero-order chi connectivity index (χ0) is 19.1. The SMILES string of the molecule is CO[B]N(C)C1CCC(NCc2cc(-c3ccncc3)ccc2OC)CC1. The first-order valence-corrected chi connectivity index (χ1v) is 9.60. The Balaban J connectivity index is 1.59. The molecule has 0 saturated heterocycles. The molecular weight excluding hydrogens is 337 g/mol. The van der Waals surface area contributed by atoms with Crippen LogP contribution < -0.4 is 10.1 Å². The summed E-state index contributed by atoms with van der Waals surface area (Å²) in [6, 6.07) is 11.6. The Labute approximate surface area is 163 Å². The number of methoxy groups -OCH3 is 1. The standard InChI is InChI=1S/C21H29BN3O2/c1-25(22-27-3)20-7-5-19(6-8-20)24-15-18-14-17(4-9-21(18)26-2)16-10-12-23-13-11-16/h4,9-14,19-20,24H,5-8,15H2,1-3H3. The quantitative estimate of drug-likeness (QED) is 0.727. The highest BCUT2D eigenvalue weighted by atomic mass is 16.5. The van der Waals surface area contributed by atoms with E-state index in [0.717, 1.165) is 12.3 Å². The van der Waals surface area contributed by atoms with Gasteiger partial charge in [0.1, 0.15) is 5.75 Å². The lowest BCUT2D eigenvalue weighted by atomic mass is 9.88. The van der Waals surface area contributed by atoms with Crippen LogP contribution in [0.1, 0.15) is 31.2 Å². The van der Waals surface area contributed by atoms with Gasteiger partial charge in [-0.25, -0.2) is 0 Å². The monoisotopic (exact) mass is 366 g/mol. The molecule has 1 aromatic heterocycles. The van der Waals surface area contributed by atoms with Crippen LogP contribution in [0.2, 0.25) is 0 Å². The molecule has 27 heavy (non-hydrogen) atoms. The van der Waals surface area contributed by atoms with E-state index in [0.29, 0.717) is 12.1 Å². The summed E-state index contributed by atoms with van der Waals surface area (Å²) in [6.07, 6.45) is 8.38. The van der Waals surface area contributed by atoms with Crippen molar-refractivity contribution in [2.75, 3.05) is 21.3 Å². The summed E-state index contributed by atoms with van der Waals surface area (Å²) in [6.45, 7) is 0.817. The summed E-state index contributed by atoms with van der Waals surface area (Å²) in [4.78, 5) is 6.30. The molecule has 0 amide bonds. The van der Waals surface area contributed by atoms with Gasteiger partial charge in [-0.15, -0.1) is 0 Å². The molecule has 1 N–H and O–H groups in total. The maximum atomic E-state index is 5.57. The number of benzene rings is 1. The average molecular weight is 366 g/mol. The summed E-state index contributed by atoms with van der Waals surface area (Å²) in [5.41, 5.74) is 3.56. The maximum Gasteiger partial charge on any atom is 0.398 e. The molecule has 6 heteroatoms. The fourth-order valence-electron chi connectivity index (χ4n) is 3.83. The molecule has 0 atom stereocenters. The predicted octanol–water partition coefficient (Wildman–Crippen LogP) is 3.27. The Kier molecular flexibility index (Phi) is 7.27. The zero-order valence-corrected chi connectivity index (χ0v) is 16.5. The van der Waals surface area contributed by atoms with Crippen molar-refractivity contribution in [1.82, 2.24) is 15.1 Å². The fourth-order valence-corrected chi connectivity index (χ4v) is 3.83. The van der Waals surface area contributed by atoms with E-state index < -0.39 is 0 Å². The molecule has 0 bridgehead atoms. The van der Waals surface area contributed by atoms with Gasteiger partial charge in [0.05, 0.1) is 7.11 Å². The number of pyridine rings is 1. The third-order valence-electron chi connectivity index (χ3n) is 5.42. The van der Waals surface area contributed by atoms with Gasteiger partial charge in [-0.1, -0.05) is 6.07 Å². The van der Waals surface area contributed by atoms with Crippen molar-refractivity contribution in [2.24, 2.45) is 0 Å². The molecule has 0 spiro atoms. The molecular formula is C21H29BN3O2. The van der Waals surface area contributed by atoms with Crippen molar-refractivity contribution in [3.8, 4) is 16.9 Å². The van der Waals surface area contributed by atoms with Gasteiger partial charge in [0.15, 0.2) is 0 Å². The van der Waals surface area contributed by atoms with Crippen LogP contribution in [0.5, 0.6) is 5.75 Å². The van der Waals surface area contributed by atoms with Crippen LogP contribution in [0, 0.1) is 0 Å². The van der Waals surface area contributed by atoms with E-state index in [1.54, 1.807) is 14.2 Å². The smallest absolute Gasteiger partial charge is 0.398 e. The normalized spacial score (nSPS) is 19.9. The summed E-state index contributed by atoms with van der Waals surface area (Å²) < 4.78 is 10.7. The van der Waals surface area contributed by atoms with Crippen molar-refractivity contribution in [3.63, 3.8) is 0 Å². The Hall–Kier alpha value is -1.89. The summed E-state index contributed by atoms with van der Waals surface area (Å²) in [7, 11) is 7.35. The lowest BCUT2D eigenvalue weighted by Crippen LogP contribution is -2.42. The molecule has 1 saturated carbocycles. The van der Waals surface area contributed by atoms with Gasteiger partial charge in [-0.3, -0.25) is 4.98 Å². The molecule has 0 unspecified atom stereocenters. The fraction of sp³-hybridized carbons (Fsp3) is 0.476. The molecule has 143 valence electrons. The van der Waals surface area contributed by atoms with Crippen LogP contribution in [0.4, 0.5) is 0 Å². The Morgan fingerprint density at radius 1 is 1.07 bits per heavy atom. The molecule has 1 radical (unpaired) electrons. The van der Waals surface area contributed by atoms with Crippen molar-refractivity contribution in [1.29, 1.82) is 0 Å². The summed E-state index contributed by atoms with van der Waals surface area (Å²) >= 11 is 0. The number of aromatic nitrogens is 1. The molecule has 1 heterocycles. The molecule has 1 aliphatic carbocycles. The second-order valence-corrected chi connectivity index (χ2v) is 7.16. The summed E-state index contributed by atoms with van der Waals surface area (Å²) in [5, 5.41) is 3.73. The molecule has 1 fully saturated rings. The van der Waals surface area contributed by atoms with Gasteiger partial charge >= 0.3 is 7.62 Å². The zero-order valence-electron chi connectivity index (χ0n) is 16.5. The van der Waals surface area contributed by atoms with Crippen molar-refractivity contribution in [3.05, 3.63) is 48.3 Å². The van der Waals surface area contributed by atoms with Crippen LogP contribution in [-0.4, -0.2) is 50.8 Å². The minimum Gasteiger partial charge on any atom is -0.496 e. The van der Waals surface area contributed by atoms with E-state index in [4.69, 9.17) is 9.39 Å². The molecule has 5 nitrogen and oxygen atoms in total. The second kappa shape index (κ2) is 9.88. The van der Waals surface area contributed by atoms with Crippen molar-refractivity contribution >= 4 is 7.62 Å². The first-order chi connectivity index (χ1) is 13.2. The van der Waals surface area contributed by atoms with Crippen LogP contribution in [0.15, 0.2) is 42.7 Å². The predicted molar refractivity (Wildman–Crippen MR) is 110 cm³/mol. The highest BCUT2D eigenvalue weighted by Gasteiger charge is 2.24. The van der Waals surface area contributed by atoms with Crippen LogP contribution in [-0.2, 0) is 11.2 Å². The second-order valence-electron chi connectivity index (χ2n) is 7.16. The number of rotatable bonds is 8. The molecule has 1 aromatic carbocycles. The third-order valence-corrected chi connectivity index (χ3v) is 5.42. The average Bonchev–Trinajstić information content (AvgIpc) is 2.73. The maximum absolute atomic E-state index is 5.57. The van der Waals surface area contributed by atoms with Crippen LogP contribution in [0.3, 0.4) is 0 Å². The third kappa shape index (κ3) is 5.31. The van der Waals surface area contributed by atoms with Gasteiger partial charge in [0.25, 0.3) is 0 Å². The summed E-state index contributed by atoms with van der Waals surface area (Å²) in [5.74, 6) is 0.934. The number of ether oxygens (including phenoxy) is 1. The minimum absolute atomic E-state index is 0.548. The highest BCUT2D eigenvalue weighted by Crippen LogP contribution is 2.27. The Morgan fingerprint density at radius 2 is 1.81 bits per heavy atom. The first kappa shape index (κ1) is 19.9. The first-order valence-electron chi connectivity index (χ1n) is 9.60. The molecule has 2 aromatic rings. The number of hydrogen-bond acceptors (Lipinski definition) is 5. The van der Waals surface area contributed by atoms with E-state index in [1.165, 1.54) is 42.4 Å². The lowest BCUT2D eigenvalue weighted by molar-refractivity contribution is 0.229. The van der Waals surface area contributed by atoms with Crippen molar-refractivity contribution in [2.45, 2.75) is 44.3 Å². The van der Waals surface area contributed by atoms with E-state index in [-0.39, 0.29) is 0 Å². The van der Waals surface area contributed by atoms with E-state index in [1.807, 2.05) is 32.1 Å². The number of nitrogens with zero attached hydrogens (tertiary/aromatic N) is 2. The van der Waals surface area contributed by atoms with Gasteiger partial charge < -0.3 is 19.5 Å².